The van der Waals surface area contributed by atoms with E-state index in [1.165, 1.54) is 0 Å². The smallest absolute Gasteiger partial charge is 0.162 e. The minimum atomic E-state index is -2.84. The molecule has 1 aliphatic heterocycles. The fraction of sp³-hybridized carbons (Fsp3) is 0.455. The maximum atomic E-state index is 11.4. The molecule has 1 fully saturated rings. The number of nitrogens with zero attached hydrogens (tertiary/aromatic N) is 3. The minimum absolute atomic E-state index is 0.159. The Balaban J connectivity index is 1.96. The lowest BCUT2D eigenvalue weighted by Crippen LogP contribution is -2.23. The molecule has 96 valence electrons. The second kappa shape index (κ2) is 3.94. The Kier molecular flexibility index (Phi) is 2.51. The Morgan fingerprint density at radius 2 is 2.00 bits per heavy atom. The van der Waals surface area contributed by atoms with Crippen LogP contribution in [0.15, 0.2) is 18.3 Å². The fourth-order valence-electron chi connectivity index (χ4n) is 2.35. The van der Waals surface area contributed by atoms with Gasteiger partial charge in [0.1, 0.15) is 15.7 Å². The molecule has 2 N–H and O–H groups in total. The van der Waals surface area contributed by atoms with Gasteiger partial charge in [-0.3, -0.25) is 4.40 Å². The number of nitrogens with two attached hydrogens (primary N) is 1. The van der Waals surface area contributed by atoms with Crippen molar-refractivity contribution in [1.29, 1.82) is 0 Å². The van der Waals surface area contributed by atoms with Gasteiger partial charge in [-0.1, -0.05) is 0 Å². The number of nitrogen functional groups attached to an aromatic ring is 1. The van der Waals surface area contributed by atoms with Crippen molar-refractivity contribution in [2.45, 2.75) is 18.8 Å². The van der Waals surface area contributed by atoms with Gasteiger partial charge in [-0.2, -0.15) is 0 Å². The van der Waals surface area contributed by atoms with Gasteiger partial charge in [0.05, 0.1) is 11.5 Å². The van der Waals surface area contributed by atoms with E-state index in [0.717, 1.165) is 5.82 Å². The third kappa shape index (κ3) is 1.94. The largest absolute Gasteiger partial charge is 0.399 e. The number of sulfone groups is 1. The van der Waals surface area contributed by atoms with Gasteiger partial charge >= 0.3 is 0 Å². The molecule has 7 heteroatoms. The summed E-state index contributed by atoms with van der Waals surface area (Å²) in [6, 6.07) is 3.55. The predicted molar refractivity (Wildman–Crippen MR) is 68.0 cm³/mol. The molecule has 3 heterocycles. The number of hydrogen-bond donors (Lipinski definition) is 1. The maximum absolute atomic E-state index is 11.4. The minimum Gasteiger partial charge on any atom is -0.399 e. The van der Waals surface area contributed by atoms with Crippen LogP contribution in [0.5, 0.6) is 0 Å². The summed E-state index contributed by atoms with van der Waals surface area (Å²) in [5.74, 6) is 1.47. The molecule has 0 spiro atoms. The van der Waals surface area contributed by atoms with Crippen molar-refractivity contribution >= 4 is 21.2 Å². The van der Waals surface area contributed by atoms with Gasteiger partial charge in [0.25, 0.3) is 0 Å². The van der Waals surface area contributed by atoms with Gasteiger partial charge in [-0.05, 0) is 18.9 Å². The molecule has 2 aromatic rings. The molecular formula is C11H14N4O2S. The molecule has 1 aliphatic rings. The summed E-state index contributed by atoms with van der Waals surface area (Å²) in [5, 5.41) is 8.24. The number of fused-ring (bicyclic) bond motifs is 1. The molecule has 0 radical (unpaired) electrons. The van der Waals surface area contributed by atoms with Crippen LogP contribution in [-0.2, 0) is 9.84 Å². The van der Waals surface area contributed by atoms with E-state index in [1.54, 1.807) is 12.1 Å². The van der Waals surface area contributed by atoms with Crippen LogP contribution in [0.2, 0.25) is 0 Å². The first-order chi connectivity index (χ1) is 8.55. The van der Waals surface area contributed by atoms with Crippen LogP contribution in [0.1, 0.15) is 24.6 Å². The topological polar surface area (TPSA) is 90.3 Å². The summed E-state index contributed by atoms with van der Waals surface area (Å²) < 4.78 is 24.7. The van der Waals surface area contributed by atoms with Crippen LogP contribution >= 0.6 is 0 Å². The van der Waals surface area contributed by atoms with E-state index in [2.05, 4.69) is 10.2 Å². The summed E-state index contributed by atoms with van der Waals surface area (Å²) in [4.78, 5) is 0. The van der Waals surface area contributed by atoms with Gasteiger partial charge in [-0.15, -0.1) is 10.2 Å². The molecule has 2 aromatic heterocycles. The molecule has 6 nitrogen and oxygen atoms in total. The van der Waals surface area contributed by atoms with E-state index >= 15 is 0 Å². The zero-order chi connectivity index (χ0) is 12.8. The van der Waals surface area contributed by atoms with Crippen LogP contribution in [0.4, 0.5) is 5.69 Å². The summed E-state index contributed by atoms with van der Waals surface area (Å²) in [5.41, 5.74) is 7.04. The first-order valence-corrected chi connectivity index (χ1v) is 7.68. The molecule has 0 atom stereocenters. The summed E-state index contributed by atoms with van der Waals surface area (Å²) in [6.07, 6.45) is 3.07. The van der Waals surface area contributed by atoms with Crippen LogP contribution in [0.3, 0.4) is 0 Å². The van der Waals surface area contributed by atoms with Gasteiger partial charge in [0, 0.05) is 23.9 Å². The van der Waals surface area contributed by atoms with E-state index < -0.39 is 9.84 Å². The fourth-order valence-corrected chi connectivity index (χ4v) is 3.84. The normalized spacial score (nSPS) is 20.2. The van der Waals surface area contributed by atoms with Gasteiger partial charge < -0.3 is 5.73 Å². The molecule has 0 saturated carbocycles. The van der Waals surface area contributed by atoms with Crippen molar-refractivity contribution < 1.29 is 8.42 Å². The first-order valence-electron chi connectivity index (χ1n) is 5.86. The van der Waals surface area contributed by atoms with Gasteiger partial charge in [0.2, 0.25) is 0 Å². The van der Waals surface area contributed by atoms with Crippen molar-refractivity contribution in [3.63, 3.8) is 0 Å². The Morgan fingerprint density at radius 3 is 2.72 bits per heavy atom. The third-order valence-electron chi connectivity index (χ3n) is 3.38. The van der Waals surface area contributed by atoms with Gasteiger partial charge in [0.15, 0.2) is 5.65 Å². The van der Waals surface area contributed by atoms with E-state index in [0.29, 0.717) is 24.2 Å². The molecule has 0 aliphatic carbocycles. The zero-order valence-electron chi connectivity index (χ0n) is 9.78. The number of hydrogen-bond acceptors (Lipinski definition) is 5. The molecule has 0 bridgehead atoms. The van der Waals surface area contributed by atoms with E-state index in [4.69, 9.17) is 5.73 Å². The van der Waals surface area contributed by atoms with Gasteiger partial charge in [-0.25, -0.2) is 8.42 Å². The SMILES string of the molecule is Nc1ccn2c(C3CCS(=O)(=O)CC3)nnc2c1. The number of anilines is 1. The van der Waals surface area contributed by atoms with Crippen molar-refractivity contribution in [2.75, 3.05) is 17.2 Å². The molecular weight excluding hydrogens is 252 g/mol. The lowest BCUT2D eigenvalue weighted by atomic mass is 10.0. The second-order valence-electron chi connectivity index (χ2n) is 4.67. The Labute approximate surface area is 105 Å². The Morgan fingerprint density at radius 1 is 1.28 bits per heavy atom. The molecule has 0 amide bonds. The highest BCUT2D eigenvalue weighted by Crippen LogP contribution is 2.28. The van der Waals surface area contributed by atoms with Crippen molar-refractivity contribution in [3.8, 4) is 0 Å². The van der Waals surface area contributed by atoms with Crippen LogP contribution in [-0.4, -0.2) is 34.5 Å². The summed E-state index contributed by atoms with van der Waals surface area (Å²) >= 11 is 0. The van der Waals surface area contributed by atoms with E-state index in [-0.39, 0.29) is 17.4 Å². The average molecular weight is 266 g/mol. The predicted octanol–water partition coefficient (Wildman–Crippen LogP) is 0.604. The highest BCUT2D eigenvalue weighted by Gasteiger charge is 2.27. The number of aromatic nitrogens is 3. The van der Waals surface area contributed by atoms with Crippen LogP contribution in [0.25, 0.3) is 5.65 Å². The Hall–Kier alpha value is -1.63. The average Bonchev–Trinajstić information content (AvgIpc) is 2.72. The quantitative estimate of drug-likeness (QED) is 0.816. The number of pyridine rings is 1. The van der Waals surface area contributed by atoms with Crippen molar-refractivity contribution in [3.05, 3.63) is 24.2 Å². The van der Waals surface area contributed by atoms with Crippen LogP contribution in [0, 0.1) is 0 Å². The lowest BCUT2D eigenvalue weighted by Gasteiger charge is -2.20. The second-order valence-corrected chi connectivity index (χ2v) is 6.98. The maximum Gasteiger partial charge on any atom is 0.162 e. The van der Waals surface area contributed by atoms with Crippen molar-refractivity contribution in [2.24, 2.45) is 0 Å². The van der Waals surface area contributed by atoms with E-state index in [9.17, 15) is 8.42 Å². The molecule has 0 aromatic carbocycles. The Bertz CT molecular complexity index is 678. The first kappa shape index (κ1) is 11.5. The molecule has 18 heavy (non-hydrogen) atoms. The molecule has 3 rings (SSSR count). The standard InChI is InChI=1S/C11H14N4O2S/c12-9-1-4-15-10(7-9)13-14-11(15)8-2-5-18(16,17)6-3-8/h1,4,7-8H,2-3,5-6,12H2. The monoisotopic (exact) mass is 266 g/mol. The zero-order valence-corrected chi connectivity index (χ0v) is 10.6. The molecule has 0 unspecified atom stereocenters. The third-order valence-corrected chi connectivity index (χ3v) is 5.10. The highest BCUT2D eigenvalue weighted by molar-refractivity contribution is 7.91. The lowest BCUT2D eigenvalue weighted by molar-refractivity contribution is 0.534. The van der Waals surface area contributed by atoms with Crippen molar-refractivity contribution in [1.82, 2.24) is 14.6 Å². The molecule has 1 saturated heterocycles. The summed E-state index contributed by atoms with van der Waals surface area (Å²) in [7, 11) is -2.84. The van der Waals surface area contributed by atoms with Crippen LogP contribution < -0.4 is 5.73 Å². The summed E-state index contributed by atoms with van der Waals surface area (Å²) in [6.45, 7) is 0. The highest BCUT2D eigenvalue weighted by atomic mass is 32.2. The van der Waals surface area contributed by atoms with E-state index in [1.807, 2.05) is 10.6 Å². The number of rotatable bonds is 1.